The summed E-state index contributed by atoms with van der Waals surface area (Å²) < 4.78 is 5.33. The predicted molar refractivity (Wildman–Crippen MR) is 78.6 cm³/mol. The number of ether oxygens (including phenoxy) is 1. The summed E-state index contributed by atoms with van der Waals surface area (Å²) in [5.41, 5.74) is 3.54. The molecule has 2 N–H and O–H groups in total. The minimum Gasteiger partial charge on any atom is -0.462 e. The third kappa shape index (κ3) is 2.20. The molecule has 2 atom stereocenters. The zero-order valence-electron chi connectivity index (χ0n) is 12.1. The number of aromatic amines is 1. The first kappa shape index (κ1) is 13.2. The fourth-order valence-corrected chi connectivity index (χ4v) is 2.92. The summed E-state index contributed by atoms with van der Waals surface area (Å²) in [4.78, 5) is 15.6. The van der Waals surface area contributed by atoms with Gasteiger partial charge in [0.1, 0.15) is 6.04 Å². The highest BCUT2D eigenvalue weighted by Crippen LogP contribution is 2.31. The van der Waals surface area contributed by atoms with Crippen molar-refractivity contribution in [3.63, 3.8) is 0 Å². The van der Waals surface area contributed by atoms with Crippen molar-refractivity contribution >= 4 is 16.9 Å². The summed E-state index contributed by atoms with van der Waals surface area (Å²) in [6, 6.07) is 8.09. The van der Waals surface area contributed by atoms with E-state index < -0.39 is 0 Å². The summed E-state index contributed by atoms with van der Waals surface area (Å²) in [6.45, 7) is 5.82. The Morgan fingerprint density at radius 2 is 2.10 bits per heavy atom. The molecule has 0 aliphatic carbocycles. The van der Waals surface area contributed by atoms with Crippen LogP contribution in [0.4, 0.5) is 0 Å². The predicted octanol–water partition coefficient (Wildman–Crippen LogP) is 2.69. The standard InChI is InChI=1S/C16H20N2O2/c1-9(2)20-16(19)14-8-12-11-6-4-5-7-13(11)18-15(12)10(3)17-14/h4-7,9-10,14,17-18H,8H2,1-3H3/t10-,14-/m0/s1. The fraction of sp³-hybridized carbons (Fsp3) is 0.438. The molecule has 1 aliphatic rings. The van der Waals surface area contributed by atoms with E-state index in [1.54, 1.807) is 0 Å². The van der Waals surface area contributed by atoms with Crippen molar-refractivity contribution in [1.29, 1.82) is 0 Å². The second-order valence-corrected chi connectivity index (χ2v) is 5.69. The van der Waals surface area contributed by atoms with Crippen molar-refractivity contribution in [2.24, 2.45) is 0 Å². The van der Waals surface area contributed by atoms with Gasteiger partial charge in [0.05, 0.1) is 6.10 Å². The van der Waals surface area contributed by atoms with Crippen molar-refractivity contribution < 1.29 is 9.53 Å². The van der Waals surface area contributed by atoms with Crippen LogP contribution in [0.1, 0.15) is 38.1 Å². The maximum Gasteiger partial charge on any atom is 0.323 e. The minimum absolute atomic E-state index is 0.0797. The van der Waals surface area contributed by atoms with Crippen LogP contribution >= 0.6 is 0 Å². The molecule has 0 unspecified atom stereocenters. The van der Waals surface area contributed by atoms with Gasteiger partial charge in [-0.25, -0.2) is 0 Å². The number of rotatable bonds is 2. The molecule has 106 valence electrons. The van der Waals surface area contributed by atoms with E-state index in [2.05, 4.69) is 29.4 Å². The van der Waals surface area contributed by atoms with Crippen LogP contribution in [0.15, 0.2) is 24.3 Å². The summed E-state index contributed by atoms with van der Waals surface area (Å²) in [5, 5.41) is 4.54. The lowest BCUT2D eigenvalue weighted by Crippen LogP contribution is -2.45. The fourth-order valence-electron chi connectivity index (χ4n) is 2.92. The van der Waals surface area contributed by atoms with Crippen LogP contribution in [-0.2, 0) is 16.0 Å². The summed E-state index contributed by atoms with van der Waals surface area (Å²) in [6.07, 6.45) is 0.596. The van der Waals surface area contributed by atoms with Gasteiger partial charge in [0.2, 0.25) is 0 Å². The highest BCUT2D eigenvalue weighted by Gasteiger charge is 2.32. The first-order chi connectivity index (χ1) is 9.56. The molecule has 4 nitrogen and oxygen atoms in total. The summed E-state index contributed by atoms with van der Waals surface area (Å²) in [7, 11) is 0. The minimum atomic E-state index is -0.265. The van der Waals surface area contributed by atoms with Crippen molar-refractivity contribution in [1.82, 2.24) is 10.3 Å². The van der Waals surface area contributed by atoms with E-state index in [0.29, 0.717) is 6.42 Å². The van der Waals surface area contributed by atoms with Gasteiger partial charge in [0.15, 0.2) is 0 Å². The highest BCUT2D eigenvalue weighted by molar-refractivity contribution is 5.87. The van der Waals surface area contributed by atoms with E-state index in [0.717, 1.165) is 5.52 Å². The lowest BCUT2D eigenvalue weighted by Gasteiger charge is -2.28. The van der Waals surface area contributed by atoms with Gasteiger partial charge in [-0.05, 0) is 32.4 Å². The molecule has 3 rings (SSSR count). The van der Waals surface area contributed by atoms with Crippen LogP contribution in [0.25, 0.3) is 10.9 Å². The monoisotopic (exact) mass is 272 g/mol. The van der Waals surface area contributed by atoms with E-state index >= 15 is 0 Å². The number of para-hydroxylation sites is 1. The lowest BCUT2D eigenvalue weighted by molar-refractivity contribution is -0.150. The topological polar surface area (TPSA) is 54.1 Å². The Bertz CT molecular complexity index is 645. The number of carbonyl (C=O) groups excluding carboxylic acids is 1. The van der Waals surface area contributed by atoms with Crippen molar-refractivity contribution in [2.45, 2.75) is 45.4 Å². The molecule has 0 bridgehead atoms. The molecule has 0 radical (unpaired) electrons. The van der Waals surface area contributed by atoms with Gasteiger partial charge in [-0.1, -0.05) is 18.2 Å². The first-order valence-corrected chi connectivity index (χ1v) is 7.12. The molecule has 1 aromatic heterocycles. The first-order valence-electron chi connectivity index (χ1n) is 7.12. The zero-order valence-corrected chi connectivity index (χ0v) is 12.1. The van der Waals surface area contributed by atoms with Crippen molar-refractivity contribution in [3.05, 3.63) is 35.5 Å². The van der Waals surface area contributed by atoms with Crippen molar-refractivity contribution in [3.8, 4) is 0 Å². The van der Waals surface area contributed by atoms with E-state index in [4.69, 9.17) is 4.74 Å². The SMILES string of the molecule is CC(C)OC(=O)[C@@H]1Cc2c([nH]c3ccccc23)[C@H](C)N1. The average Bonchev–Trinajstić information content (AvgIpc) is 2.77. The number of carbonyl (C=O) groups is 1. The molecule has 1 aliphatic heterocycles. The Morgan fingerprint density at radius 3 is 2.85 bits per heavy atom. The molecular formula is C16H20N2O2. The highest BCUT2D eigenvalue weighted by atomic mass is 16.5. The molecule has 20 heavy (non-hydrogen) atoms. The van der Waals surface area contributed by atoms with Gasteiger partial charge in [-0.15, -0.1) is 0 Å². The van der Waals surface area contributed by atoms with Crippen LogP contribution < -0.4 is 5.32 Å². The number of hydrogen-bond donors (Lipinski definition) is 2. The van der Waals surface area contributed by atoms with Gasteiger partial charge < -0.3 is 9.72 Å². The van der Waals surface area contributed by atoms with Crippen LogP contribution in [0.2, 0.25) is 0 Å². The number of H-pyrrole nitrogens is 1. The Hall–Kier alpha value is -1.81. The number of hydrogen-bond acceptors (Lipinski definition) is 3. The number of fused-ring (bicyclic) bond motifs is 3. The molecule has 0 spiro atoms. The van der Waals surface area contributed by atoms with Gasteiger partial charge >= 0.3 is 5.97 Å². The maximum absolute atomic E-state index is 12.1. The molecule has 2 heterocycles. The molecule has 1 aromatic carbocycles. The molecular weight excluding hydrogens is 252 g/mol. The smallest absolute Gasteiger partial charge is 0.323 e. The number of nitrogens with one attached hydrogen (secondary N) is 2. The third-order valence-electron chi connectivity index (χ3n) is 3.78. The quantitative estimate of drug-likeness (QED) is 0.826. The van der Waals surface area contributed by atoms with E-state index in [9.17, 15) is 4.79 Å². The Morgan fingerprint density at radius 1 is 1.35 bits per heavy atom. The molecule has 0 saturated carbocycles. The van der Waals surface area contributed by atoms with E-state index in [1.807, 2.05) is 26.0 Å². The second kappa shape index (κ2) is 4.94. The zero-order chi connectivity index (χ0) is 14.3. The van der Waals surface area contributed by atoms with Crippen LogP contribution in [0.5, 0.6) is 0 Å². The normalized spacial score (nSPS) is 22.0. The van der Waals surface area contributed by atoms with Crippen LogP contribution in [0, 0.1) is 0 Å². The van der Waals surface area contributed by atoms with Crippen LogP contribution in [-0.4, -0.2) is 23.1 Å². The number of benzene rings is 1. The molecule has 0 amide bonds. The second-order valence-electron chi connectivity index (χ2n) is 5.69. The molecule has 0 fully saturated rings. The van der Waals surface area contributed by atoms with E-state index in [-0.39, 0.29) is 24.2 Å². The Labute approximate surface area is 118 Å². The molecule has 2 aromatic rings. The molecule has 0 saturated heterocycles. The largest absolute Gasteiger partial charge is 0.462 e. The lowest BCUT2D eigenvalue weighted by atomic mass is 9.94. The van der Waals surface area contributed by atoms with Crippen LogP contribution in [0.3, 0.4) is 0 Å². The molecule has 4 heteroatoms. The number of esters is 1. The summed E-state index contributed by atoms with van der Waals surface area (Å²) >= 11 is 0. The van der Waals surface area contributed by atoms with Gasteiger partial charge in [-0.3, -0.25) is 10.1 Å². The number of aromatic nitrogens is 1. The average molecular weight is 272 g/mol. The van der Waals surface area contributed by atoms with E-state index in [1.165, 1.54) is 16.6 Å². The van der Waals surface area contributed by atoms with Gasteiger partial charge in [0.25, 0.3) is 0 Å². The Kier molecular flexibility index (Phi) is 3.26. The maximum atomic E-state index is 12.1. The third-order valence-corrected chi connectivity index (χ3v) is 3.78. The van der Waals surface area contributed by atoms with Gasteiger partial charge in [-0.2, -0.15) is 0 Å². The summed E-state index contributed by atoms with van der Waals surface area (Å²) in [5.74, 6) is -0.164. The van der Waals surface area contributed by atoms with Crippen molar-refractivity contribution in [2.75, 3.05) is 0 Å². The Balaban J connectivity index is 1.95. The van der Waals surface area contributed by atoms with Gasteiger partial charge in [0, 0.05) is 29.1 Å².